The van der Waals surface area contributed by atoms with E-state index in [-0.39, 0.29) is 0 Å². The zero-order valence-electron chi connectivity index (χ0n) is 12.3. The Bertz CT molecular complexity index is 354. The Morgan fingerprint density at radius 3 is 3.00 bits per heavy atom. The lowest BCUT2D eigenvalue weighted by Crippen LogP contribution is -2.58. The van der Waals surface area contributed by atoms with Crippen LogP contribution in [0.15, 0.2) is 10.9 Å². The fourth-order valence-corrected chi connectivity index (χ4v) is 2.77. The maximum absolute atomic E-state index is 5.09. The summed E-state index contributed by atoms with van der Waals surface area (Å²) in [6.07, 6.45) is 4.74. The molecule has 1 N–H and O–H groups in total. The van der Waals surface area contributed by atoms with Crippen molar-refractivity contribution >= 4 is 0 Å². The Hall–Kier alpha value is -0.940. The van der Waals surface area contributed by atoms with Crippen molar-refractivity contribution in [2.24, 2.45) is 5.92 Å². The van der Waals surface area contributed by atoms with Crippen LogP contribution in [0.3, 0.4) is 0 Å². The number of hydrogen-bond donors (Lipinski definition) is 1. The van der Waals surface area contributed by atoms with E-state index < -0.39 is 0 Å². The fourth-order valence-electron chi connectivity index (χ4n) is 2.77. The molecule has 1 aromatic rings. The maximum Gasteiger partial charge on any atom is 0.227 e. The molecule has 108 valence electrons. The monoisotopic (exact) mass is 266 g/mol. The Labute approximate surface area is 115 Å². The molecular formula is C14H26N4O. The van der Waals surface area contributed by atoms with Gasteiger partial charge in [-0.1, -0.05) is 32.3 Å². The molecule has 5 nitrogen and oxygen atoms in total. The number of piperazine rings is 1. The summed E-state index contributed by atoms with van der Waals surface area (Å²) in [6.45, 7) is 10.1. The molecule has 0 amide bonds. The van der Waals surface area contributed by atoms with Crippen LogP contribution in [0.4, 0.5) is 0 Å². The predicted octanol–water partition coefficient (Wildman–Crippen LogP) is 1.71. The lowest BCUT2D eigenvalue weighted by atomic mass is 9.95. The van der Waals surface area contributed by atoms with Crippen LogP contribution >= 0.6 is 0 Å². The summed E-state index contributed by atoms with van der Waals surface area (Å²) < 4.78 is 5.09. The van der Waals surface area contributed by atoms with Crippen molar-refractivity contribution in [2.75, 3.05) is 19.6 Å². The van der Waals surface area contributed by atoms with Gasteiger partial charge in [0.25, 0.3) is 0 Å². The van der Waals surface area contributed by atoms with E-state index in [0.717, 1.165) is 37.9 Å². The third-order valence-corrected chi connectivity index (χ3v) is 4.39. The summed E-state index contributed by atoms with van der Waals surface area (Å²) in [5, 5.41) is 7.37. The van der Waals surface area contributed by atoms with Crippen LogP contribution in [0, 0.1) is 5.92 Å². The predicted molar refractivity (Wildman–Crippen MR) is 74.9 cm³/mol. The highest BCUT2D eigenvalue weighted by Gasteiger charge is 2.28. The van der Waals surface area contributed by atoms with Crippen molar-refractivity contribution in [1.82, 2.24) is 20.4 Å². The van der Waals surface area contributed by atoms with Gasteiger partial charge in [-0.15, -0.1) is 0 Å². The summed E-state index contributed by atoms with van der Waals surface area (Å²) in [6, 6.07) is 1.23. The first-order valence-electron chi connectivity index (χ1n) is 7.47. The van der Waals surface area contributed by atoms with Crippen molar-refractivity contribution in [3.63, 3.8) is 0 Å². The van der Waals surface area contributed by atoms with Gasteiger partial charge < -0.3 is 9.84 Å². The minimum absolute atomic E-state index is 0.607. The van der Waals surface area contributed by atoms with Crippen LogP contribution in [0.2, 0.25) is 0 Å². The molecule has 1 saturated heterocycles. The average Bonchev–Trinajstić information content (AvgIpc) is 2.97. The van der Waals surface area contributed by atoms with Gasteiger partial charge in [-0.25, -0.2) is 0 Å². The maximum atomic E-state index is 5.09. The molecule has 3 unspecified atom stereocenters. The smallest absolute Gasteiger partial charge is 0.227 e. The second-order valence-electron chi connectivity index (χ2n) is 5.54. The first-order valence-corrected chi connectivity index (χ1v) is 7.47. The molecule has 5 heteroatoms. The number of nitrogens with one attached hydrogen (secondary N) is 1. The van der Waals surface area contributed by atoms with Gasteiger partial charge in [-0.05, 0) is 12.3 Å². The molecule has 1 fully saturated rings. The van der Waals surface area contributed by atoms with Gasteiger partial charge in [-0.3, -0.25) is 4.90 Å². The van der Waals surface area contributed by atoms with Crippen LogP contribution in [-0.4, -0.2) is 46.8 Å². The minimum atomic E-state index is 0.607. The normalized spacial score (nSPS) is 26.5. The van der Waals surface area contributed by atoms with Gasteiger partial charge in [0.1, 0.15) is 0 Å². The standard InChI is InChI=1S/C14H26N4O/c1-4-11(3)13-9-18(12(5-2)8-15-13)7-6-14-16-10-17-19-14/h10-13,15H,4-9H2,1-3H3. The zero-order valence-corrected chi connectivity index (χ0v) is 12.3. The molecule has 0 aromatic carbocycles. The van der Waals surface area contributed by atoms with Gasteiger partial charge in [0.05, 0.1) is 0 Å². The summed E-state index contributed by atoms with van der Waals surface area (Å²) in [5.74, 6) is 1.47. The highest BCUT2D eigenvalue weighted by Crippen LogP contribution is 2.17. The van der Waals surface area contributed by atoms with E-state index in [1.54, 1.807) is 0 Å². The lowest BCUT2D eigenvalue weighted by Gasteiger charge is -2.42. The second-order valence-corrected chi connectivity index (χ2v) is 5.54. The first-order chi connectivity index (χ1) is 9.24. The van der Waals surface area contributed by atoms with Crippen molar-refractivity contribution < 1.29 is 4.52 Å². The number of nitrogens with zero attached hydrogens (tertiary/aromatic N) is 3. The molecule has 3 atom stereocenters. The van der Waals surface area contributed by atoms with Gasteiger partial charge in [0, 0.05) is 38.1 Å². The molecule has 1 aliphatic heterocycles. The third-order valence-electron chi connectivity index (χ3n) is 4.39. The number of hydrogen-bond acceptors (Lipinski definition) is 5. The molecule has 0 bridgehead atoms. The van der Waals surface area contributed by atoms with Gasteiger partial charge in [-0.2, -0.15) is 4.98 Å². The minimum Gasteiger partial charge on any atom is -0.340 e. The van der Waals surface area contributed by atoms with E-state index in [0.29, 0.717) is 12.1 Å². The van der Waals surface area contributed by atoms with E-state index in [1.807, 2.05) is 0 Å². The Kier molecular flexibility index (Phi) is 5.34. The Morgan fingerprint density at radius 2 is 2.37 bits per heavy atom. The van der Waals surface area contributed by atoms with E-state index >= 15 is 0 Å². The average molecular weight is 266 g/mol. The molecule has 2 heterocycles. The fraction of sp³-hybridized carbons (Fsp3) is 0.857. The summed E-state index contributed by atoms with van der Waals surface area (Å²) in [5.41, 5.74) is 0. The van der Waals surface area contributed by atoms with E-state index in [1.165, 1.54) is 19.2 Å². The van der Waals surface area contributed by atoms with Gasteiger partial charge >= 0.3 is 0 Å². The molecule has 1 aromatic heterocycles. The molecular weight excluding hydrogens is 240 g/mol. The summed E-state index contributed by atoms with van der Waals surface area (Å²) in [7, 11) is 0. The van der Waals surface area contributed by atoms with Gasteiger partial charge in [0.15, 0.2) is 6.33 Å². The van der Waals surface area contributed by atoms with E-state index in [9.17, 15) is 0 Å². The van der Waals surface area contributed by atoms with Crippen molar-refractivity contribution in [3.8, 4) is 0 Å². The molecule has 0 radical (unpaired) electrons. The highest BCUT2D eigenvalue weighted by molar-refractivity contribution is 4.89. The van der Waals surface area contributed by atoms with Crippen molar-refractivity contribution in [2.45, 2.75) is 52.1 Å². The first kappa shape index (κ1) is 14.5. The van der Waals surface area contributed by atoms with Crippen LogP contribution in [0.25, 0.3) is 0 Å². The summed E-state index contributed by atoms with van der Waals surface area (Å²) >= 11 is 0. The van der Waals surface area contributed by atoms with E-state index in [4.69, 9.17) is 4.52 Å². The van der Waals surface area contributed by atoms with Crippen LogP contribution in [-0.2, 0) is 6.42 Å². The molecule has 0 aliphatic carbocycles. The van der Waals surface area contributed by atoms with Crippen LogP contribution in [0.1, 0.15) is 39.5 Å². The summed E-state index contributed by atoms with van der Waals surface area (Å²) in [4.78, 5) is 6.68. The molecule has 0 saturated carbocycles. The van der Waals surface area contributed by atoms with Crippen LogP contribution < -0.4 is 5.32 Å². The quantitative estimate of drug-likeness (QED) is 0.849. The lowest BCUT2D eigenvalue weighted by molar-refractivity contribution is 0.105. The topological polar surface area (TPSA) is 54.2 Å². The largest absolute Gasteiger partial charge is 0.340 e. The SMILES string of the molecule is CCC(C)C1CN(CCc2ncno2)C(CC)CN1. The Morgan fingerprint density at radius 1 is 1.53 bits per heavy atom. The van der Waals surface area contributed by atoms with Crippen molar-refractivity contribution in [1.29, 1.82) is 0 Å². The Balaban J connectivity index is 1.90. The number of aromatic nitrogens is 2. The molecule has 0 spiro atoms. The third kappa shape index (κ3) is 3.76. The second kappa shape index (κ2) is 7.01. The van der Waals surface area contributed by atoms with Crippen molar-refractivity contribution in [3.05, 3.63) is 12.2 Å². The number of rotatable bonds is 6. The molecule has 1 aliphatic rings. The van der Waals surface area contributed by atoms with Crippen LogP contribution in [0.5, 0.6) is 0 Å². The highest BCUT2D eigenvalue weighted by atomic mass is 16.5. The van der Waals surface area contributed by atoms with Gasteiger partial charge in [0.2, 0.25) is 5.89 Å². The zero-order chi connectivity index (χ0) is 13.7. The molecule has 2 rings (SSSR count). The molecule has 19 heavy (non-hydrogen) atoms. The van der Waals surface area contributed by atoms with E-state index in [2.05, 4.69) is 41.1 Å².